The van der Waals surface area contributed by atoms with Gasteiger partial charge in [-0.15, -0.1) is 0 Å². The van der Waals surface area contributed by atoms with Gasteiger partial charge in [-0.2, -0.15) is 5.10 Å². The average Bonchev–Trinajstić information content (AvgIpc) is 2.93. The van der Waals surface area contributed by atoms with Crippen molar-refractivity contribution in [3.63, 3.8) is 0 Å². The lowest BCUT2D eigenvalue weighted by Crippen LogP contribution is -2.09. The Hall–Kier alpha value is -2.11. The molecule has 0 radical (unpaired) electrons. The van der Waals surface area contributed by atoms with Crippen molar-refractivity contribution in [1.29, 1.82) is 0 Å². The lowest BCUT2D eigenvalue weighted by Gasteiger charge is -2.12. The number of carboxylic acids is 1. The molecule has 96 valence electrons. The van der Waals surface area contributed by atoms with Crippen LogP contribution in [0.1, 0.15) is 42.4 Å². The van der Waals surface area contributed by atoms with Crippen LogP contribution in [0.3, 0.4) is 0 Å². The number of aromatic nitrogens is 3. The van der Waals surface area contributed by atoms with Gasteiger partial charge in [-0.25, -0.2) is 4.79 Å². The summed E-state index contributed by atoms with van der Waals surface area (Å²) in [5.41, 5.74) is 1.14. The minimum atomic E-state index is -1.01. The average molecular weight is 249 g/mol. The van der Waals surface area contributed by atoms with Crippen LogP contribution in [-0.2, 0) is 0 Å². The number of carbonyl (C=O) groups is 1. The highest BCUT2D eigenvalue weighted by Crippen LogP contribution is 2.27. The topological polar surface area (TPSA) is 81.2 Å². The summed E-state index contributed by atoms with van der Waals surface area (Å²) >= 11 is 0. The number of nitrogens with zero attached hydrogens (tertiary/aromatic N) is 3. The van der Waals surface area contributed by atoms with Gasteiger partial charge in [0.1, 0.15) is 22.7 Å². The van der Waals surface area contributed by atoms with Crippen LogP contribution in [0.4, 0.5) is 0 Å². The van der Waals surface area contributed by atoms with Gasteiger partial charge in [0.05, 0.1) is 6.20 Å². The van der Waals surface area contributed by atoms with E-state index >= 15 is 0 Å². The zero-order chi connectivity index (χ0) is 13.3. The van der Waals surface area contributed by atoms with Crippen LogP contribution < -0.4 is 0 Å². The van der Waals surface area contributed by atoms with Gasteiger partial charge in [0.25, 0.3) is 0 Å². The third-order valence-corrected chi connectivity index (χ3v) is 2.90. The Morgan fingerprint density at radius 3 is 2.83 bits per heavy atom. The molecule has 2 aromatic heterocycles. The van der Waals surface area contributed by atoms with E-state index in [1.165, 1.54) is 6.20 Å². The van der Waals surface area contributed by atoms with Crippen molar-refractivity contribution in [3.05, 3.63) is 23.6 Å². The first-order valence-electron chi connectivity index (χ1n) is 5.79. The molecule has 0 saturated carbocycles. The first-order valence-corrected chi connectivity index (χ1v) is 5.79. The summed E-state index contributed by atoms with van der Waals surface area (Å²) in [6, 6.07) is 1.81. The van der Waals surface area contributed by atoms with E-state index in [-0.39, 0.29) is 11.6 Å². The van der Waals surface area contributed by atoms with Crippen LogP contribution in [-0.4, -0.2) is 26.0 Å². The maximum absolute atomic E-state index is 11.2. The molecule has 0 aliphatic rings. The fourth-order valence-corrected chi connectivity index (χ4v) is 1.76. The van der Waals surface area contributed by atoms with Gasteiger partial charge in [0, 0.05) is 12.1 Å². The third-order valence-electron chi connectivity index (χ3n) is 2.90. The van der Waals surface area contributed by atoms with Gasteiger partial charge in [-0.1, -0.05) is 12.1 Å². The Kier molecular flexibility index (Phi) is 3.18. The van der Waals surface area contributed by atoms with Gasteiger partial charge in [-0.3, -0.25) is 4.68 Å². The highest BCUT2D eigenvalue weighted by Gasteiger charge is 2.22. The predicted octanol–water partition coefficient (Wildman–Crippen LogP) is 2.52. The number of rotatable bonds is 4. The van der Waals surface area contributed by atoms with E-state index in [4.69, 9.17) is 4.52 Å². The SMILES string of the molecule is CCC(C)n1ncc(C(=O)O)c1-c1cc(C)on1. The second kappa shape index (κ2) is 4.64. The summed E-state index contributed by atoms with van der Waals surface area (Å²) < 4.78 is 6.69. The summed E-state index contributed by atoms with van der Waals surface area (Å²) in [6.07, 6.45) is 2.21. The highest BCUT2D eigenvalue weighted by molar-refractivity contribution is 5.94. The number of hydrogen-bond donors (Lipinski definition) is 1. The second-order valence-corrected chi connectivity index (χ2v) is 4.24. The molecule has 6 heteroatoms. The third kappa shape index (κ3) is 2.01. The molecule has 0 aliphatic carbocycles. The van der Waals surface area contributed by atoms with Gasteiger partial charge in [-0.05, 0) is 20.3 Å². The highest BCUT2D eigenvalue weighted by atomic mass is 16.5. The quantitative estimate of drug-likeness (QED) is 0.900. The first-order chi connectivity index (χ1) is 8.54. The molecular formula is C12H15N3O3. The molecule has 0 spiro atoms. The largest absolute Gasteiger partial charge is 0.478 e. The van der Waals surface area contributed by atoms with Crippen LogP contribution in [0.5, 0.6) is 0 Å². The second-order valence-electron chi connectivity index (χ2n) is 4.24. The summed E-state index contributed by atoms with van der Waals surface area (Å²) in [4.78, 5) is 11.2. The van der Waals surface area contributed by atoms with Crippen LogP contribution in [0.25, 0.3) is 11.4 Å². The van der Waals surface area contributed by atoms with E-state index in [0.29, 0.717) is 17.1 Å². The Bertz CT molecular complexity index is 571. The van der Waals surface area contributed by atoms with Crippen LogP contribution >= 0.6 is 0 Å². The van der Waals surface area contributed by atoms with Crippen molar-refractivity contribution in [1.82, 2.24) is 14.9 Å². The molecule has 1 N–H and O–H groups in total. The van der Waals surface area contributed by atoms with Crippen molar-refractivity contribution in [2.24, 2.45) is 0 Å². The van der Waals surface area contributed by atoms with Gasteiger partial charge < -0.3 is 9.63 Å². The van der Waals surface area contributed by atoms with Gasteiger partial charge in [0.2, 0.25) is 0 Å². The van der Waals surface area contributed by atoms with Crippen LogP contribution in [0.2, 0.25) is 0 Å². The van der Waals surface area contributed by atoms with E-state index in [1.807, 2.05) is 13.8 Å². The summed E-state index contributed by atoms with van der Waals surface area (Å²) in [6.45, 7) is 5.76. The van der Waals surface area contributed by atoms with E-state index in [1.54, 1.807) is 17.7 Å². The molecule has 6 nitrogen and oxygen atoms in total. The summed E-state index contributed by atoms with van der Waals surface area (Å²) in [5.74, 6) is -0.376. The Balaban J connectivity index is 2.60. The molecule has 2 aromatic rings. The zero-order valence-electron chi connectivity index (χ0n) is 10.5. The molecule has 0 aliphatic heterocycles. The van der Waals surface area contributed by atoms with Gasteiger partial charge >= 0.3 is 5.97 Å². The maximum atomic E-state index is 11.2. The fourth-order valence-electron chi connectivity index (χ4n) is 1.76. The number of carboxylic acid groups (broad SMARTS) is 1. The molecule has 18 heavy (non-hydrogen) atoms. The lowest BCUT2D eigenvalue weighted by molar-refractivity contribution is 0.0697. The molecular weight excluding hydrogens is 234 g/mol. The van der Waals surface area contributed by atoms with Crippen molar-refractivity contribution in [3.8, 4) is 11.4 Å². The molecule has 0 saturated heterocycles. The normalized spacial score (nSPS) is 12.6. The molecule has 1 atom stereocenters. The Labute approximate surface area is 104 Å². The number of aromatic carboxylic acids is 1. The molecule has 2 rings (SSSR count). The standard InChI is InChI=1S/C12H15N3O3/c1-4-7(2)15-11(9(6-13-15)12(16)17)10-5-8(3)18-14-10/h5-7H,4H2,1-3H3,(H,16,17). The molecule has 0 bridgehead atoms. The van der Waals surface area contributed by atoms with Crippen LogP contribution in [0, 0.1) is 6.92 Å². The van der Waals surface area contributed by atoms with E-state index < -0.39 is 5.97 Å². The molecule has 1 unspecified atom stereocenters. The molecule has 0 amide bonds. The van der Waals surface area contributed by atoms with E-state index in [9.17, 15) is 9.90 Å². The monoisotopic (exact) mass is 249 g/mol. The van der Waals surface area contributed by atoms with Crippen molar-refractivity contribution < 1.29 is 14.4 Å². The lowest BCUT2D eigenvalue weighted by atomic mass is 10.1. The minimum absolute atomic E-state index is 0.102. The van der Waals surface area contributed by atoms with Crippen LogP contribution in [0.15, 0.2) is 16.8 Å². The summed E-state index contributed by atoms with van der Waals surface area (Å²) in [7, 11) is 0. The van der Waals surface area contributed by atoms with Gasteiger partial charge in [0.15, 0.2) is 0 Å². The number of aryl methyl sites for hydroxylation is 1. The molecule has 2 heterocycles. The first kappa shape index (κ1) is 12.3. The minimum Gasteiger partial charge on any atom is -0.478 e. The van der Waals surface area contributed by atoms with Crippen molar-refractivity contribution in [2.45, 2.75) is 33.2 Å². The molecule has 0 aromatic carbocycles. The fraction of sp³-hybridized carbons (Fsp3) is 0.417. The Morgan fingerprint density at radius 2 is 2.33 bits per heavy atom. The maximum Gasteiger partial charge on any atom is 0.339 e. The molecule has 0 fully saturated rings. The van der Waals surface area contributed by atoms with E-state index in [2.05, 4.69) is 10.3 Å². The predicted molar refractivity (Wildman–Crippen MR) is 64.4 cm³/mol. The summed E-state index contributed by atoms with van der Waals surface area (Å²) in [5, 5.41) is 17.2. The van der Waals surface area contributed by atoms with Crippen molar-refractivity contribution in [2.75, 3.05) is 0 Å². The smallest absolute Gasteiger partial charge is 0.339 e. The Morgan fingerprint density at radius 1 is 1.61 bits per heavy atom. The number of hydrogen-bond acceptors (Lipinski definition) is 4. The van der Waals surface area contributed by atoms with Crippen molar-refractivity contribution >= 4 is 5.97 Å². The van der Waals surface area contributed by atoms with E-state index in [0.717, 1.165) is 6.42 Å². The zero-order valence-corrected chi connectivity index (χ0v) is 10.5.